The van der Waals surface area contributed by atoms with Crippen molar-refractivity contribution in [3.05, 3.63) is 184 Å². The second-order valence-corrected chi connectivity index (χ2v) is 17.4. The average Bonchev–Trinajstić information content (AvgIpc) is 3.94. The maximum atomic E-state index is 12.8. The molecule has 8 heterocycles. The number of anilines is 1. The number of fused-ring (bicyclic) bond motifs is 2. The Hall–Kier alpha value is -3.99. The zero-order chi connectivity index (χ0) is 52.3. The van der Waals surface area contributed by atoms with Gasteiger partial charge in [-0.2, -0.15) is 9.97 Å². The molecule has 0 saturated carbocycles. The Bertz CT molecular complexity index is 2970. The molecule has 388 valence electrons. The summed E-state index contributed by atoms with van der Waals surface area (Å²) in [6.45, 7) is 6.46. The molecule has 0 radical (unpaired) electrons. The van der Waals surface area contributed by atoms with Gasteiger partial charge in [0.2, 0.25) is 5.28 Å². The quantitative estimate of drug-likeness (QED) is 0.0453. The second kappa shape index (κ2) is 38.5. The summed E-state index contributed by atoms with van der Waals surface area (Å²) in [6.07, 6.45) is 9.41. The van der Waals surface area contributed by atoms with E-state index in [0.717, 1.165) is 23.5 Å². The Morgan fingerprint density at radius 3 is 1.68 bits per heavy atom. The first kappa shape index (κ1) is 69.0. The van der Waals surface area contributed by atoms with Gasteiger partial charge in [-0.15, -0.1) is 0 Å². The predicted molar refractivity (Wildman–Crippen MR) is 271 cm³/mol. The number of hydrogen-bond acceptors (Lipinski definition) is 19. The van der Waals surface area contributed by atoms with Gasteiger partial charge in [-0.1, -0.05) is 59.6 Å². The summed E-state index contributed by atoms with van der Waals surface area (Å²) in [5, 5.41) is 17.9. The third kappa shape index (κ3) is 25.4. The first-order valence-electron chi connectivity index (χ1n) is 20.8. The normalized spacial score (nSPS) is 11.4. The van der Waals surface area contributed by atoms with Crippen LogP contribution < -0.4 is 127 Å². The average molecular weight is 1180 g/mol. The first-order chi connectivity index (χ1) is 34.6. The maximum Gasteiger partial charge on any atom is 1.00 e. The van der Waals surface area contributed by atoms with Gasteiger partial charge in [-0.25, -0.2) is 32.7 Å². The van der Waals surface area contributed by atoms with Crippen LogP contribution in [0.1, 0.15) is 31.0 Å². The molecule has 21 nitrogen and oxygen atoms in total. The van der Waals surface area contributed by atoms with Gasteiger partial charge in [0.1, 0.15) is 33.4 Å². The molecule has 0 saturated heterocycles. The zero-order valence-corrected chi connectivity index (χ0v) is 50.7. The molecule has 8 aromatic rings. The molecular weight excluding hydrogens is 1130 g/mol. The van der Waals surface area contributed by atoms with Gasteiger partial charge in [0.05, 0.1) is 38.6 Å². The van der Waals surface area contributed by atoms with Gasteiger partial charge in [0.25, 0.3) is 16.5 Å². The Balaban J connectivity index is 0. The van der Waals surface area contributed by atoms with Crippen LogP contribution in [0.25, 0.3) is 0 Å². The van der Waals surface area contributed by atoms with Crippen molar-refractivity contribution in [2.24, 2.45) is 0 Å². The number of halogens is 4. The topological polar surface area (TPSA) is 316 Å². The number of benzene rings is 2. The first-order valence-corrected chi connectivity index (χ1v) is 23.5. The number of sulfonamides is 1. The third-order valence-corrected chi connectivity index (χ3v) is 11.6. The molecule has 0 spiro atoms. The fourth-order valence-electron chi connectivity index (χ4n) is 5.51. The number of ether oxygens (including phenoxy) is 2. The van der Waals surface area contributed by atoms with Crippen LogP contribution >= 0.6 is 46.8 Å². The van der Waals surface area contributed by atoms with Crippen molar-refractivity contribution in [2.45, 2.75) is 43.7 Å². The molecule has 0 fully saturated rings. The summed E-state index contributed by atoms with van der Waals surface area (Å²) in [6, 6.07) is 30.9. The predicted octanol–water partition coefficient (Wildman–Crippen LogP) is 1.47. The molecule has 0 bridgehead atoms. The monoisotopic (exact) mass is 1180 g/mol. The van der Waals surface area contributed by atoms with E-state index < -0.39 is 17.2 Å². The number of alkyl halides is 1. The molecule has 75 heavy (non-hydrogen) atoms. The number of aromatic hydroxyl groups is 1. The molecule has 0 amide bonds. The van der Waals surface area contributed by atoms with Crippen molar-refractivity contribution in [3.8, 4) is 29.3 Å². The van der Waals surface area contributed by atoms with Crippen molar-refractivity contribution in [2.75, 3.05) is 11.5 Å². The van der Waals surface area contributed by atoms with Crippen molar-refractivity contribution >= 4 is 69.1 Å². The van der Waals surface area contributed by atoms with E-state index in [2.05, 4.69) is 78.7 Å². The summed E-state index contributed by atoms with van der Waals surface area (Å²) >= 11 is 18.4. The number of carbonyl (C=O) groups is 1. The van der Waals surface area contributed by atoms with E-state index >= 15 is 0 Å². The van der Waals surface area contributed by atoms with E-state index in [4.69, 9.17) is 60.8 Å². The smallest absolute Gasteiger partial charge is 1.00 e. The standard InChI is InChI=1S/C17H14N4O3S.C10H8ClN3O.C7H7NS.C5H4Cl2N2.C5H5NO.CH3F.CH2O3.2K.2H2O.H/c1-12-9-16(20-17(19-12)24-14-6-4-8-18-10-14)21-11-13-5-2-3-7-15(13)25(21,22)23;1-7-5-9(11)14-10(13-7)15-8-3-2-4-12-6-8;1-2-4-7-6(3-1)5-8-9-7;1-3-2-4(6)9-5(7)8-3;7-5-2-1-3-6-4-5;1-2;2-1-4-3;;;;;/h2-10H,11H2,1H3;2-6H,1H3;1-4,8H,5H2;2H,1H3;1-4,7H;1H3;1,3H;;;2*1H2;/q;;;;;;;2*+1;;;-1/p-1/i;;;;;1D;;;;;;. The second-order valence-electron chi connectivity index (χ2n) is 13.5. The molecule has 0 aliphatic carbocycles. The Labute approximate surface area is 539 Å². The van der Waals surface area contributed by atoms with Crippen LogP contribution in [0.2, 0.25) is 15.6 Å². The van der Waals surface area contributed by atoms with Crippen molar-refractivity contribution in [1.29, 1.82) is 0 Å². The van der Waals surface area contributed by atoms with Gasteiger partial charge >= 0.3 is 115 Å². The van der Waals surface area contributed by atoms with E-state index in [-0.39, 0.29) is 157 Å². The number of rotatable bonds is 6. The van der Waals surface area contributed by atoms with Crippen LogP contribution in [-0.4, -0.2) is 83.0 Å². The maximum absolute atomic E-state index is 12.8. The minimum absolute atomic E-state index is 0. The summed E-state index contributed by atoms with van der Waals surface area (Å²) in [4.78, 5) is 48.4. The van der Waals surface area contributed by atoms with Gasteiger partial charge in [-0.3, -0.25) is 28.9 Å². The van der Waals surface area contributed by atoms with Crippen LogP contribution in [-0.2, 0) is 32.8 Å². The number of hydrogen-bond donors (Lipinski definition) is 2. The van der Waals surface area contributed by atoms with Crippen LogP contribution in [0.3, 0.4) is 0 Å². The number of nitrogens with one attached hydrogen (secondary N) is 1. The molecule has 0 unspecified atom stereocenters. The zero-order valence-electron chi connectivity index (χ0n) is 42.6. The number of nitrogens with zero attached hydrogens (tertiary/aromatic N) is 10. The van der Waals surface area contributed by atoms with Crippen LogP contribution in [0.4, 0.5) is 10.2 Å². The Morgan fingerprint density at radius 2 is 1.23 bits per heavy atom. The third-order valence-electron chi connectivity index (χ3n) is 8.32. The SMILES string of the molecule is Cc1cc(Cl)nc(Cl)n1.Cc1cc(Cl)nc(Oc2cccnc2)n1.Cc1cc(N2Cc3ccccc3S2(=O)=O)nc(Oc2cccnc2)n1.O.O.O=CO[O-].Oc1cccnc1.[2H]CF.[H-].[K+].[K+].c1ccc2c(c1)CNS2. The Morgan fingerprint density at radius 1 is 0.733 bits per heavy atom. The molecule has 0 atom stereocenters. The molecule has 6 N–H and O–H groups in total. The summed E-state index contributed by atoms with van der Waals surface area (Å²) in [5.41, 5.74) is 4.31. The fraction of sp³-hybridized carbons (Fsp3) is 0.130. The summed E-state index contributed by atoms with van der Waals surface area (Å²) in [5.74, 6) is 1.55. The van der Waals surface area contributed by atoms with Crippen molar-refractivity contribution < 1.29 is 159 Å². The molecule has 6 aromatic heterocycles. The minimum Gasteiger partial charge on any atom is -1.00 e. The van der Waals surface area contributed by atoms with E-state index in [1.807, 2.05) is 13.0 Å². The van der Waals surface area contributed by atoms with Crippen LogP contribution in [0, 0.1) is 20.8 Å². The molecular formula is C46H47Cl3FK2N11O10S2. The number of aryl methyl sites for hydroxylation is 3. The molecule has 2 aliphatic rings. The fourth-order valence-corrected chi connectivity index (χ4v) is 8.65. The van der Waals surface area contributed by atoms with Gasteiger partial charge < -0.3 is 37.1 Å². The number of aromatic nitrogens is 9. The molecule has 2 aliphatic heterocycles. The molecule has 10 rings (SSSR count). The van der Waals surface area contributed by atoms with Crippen LogP contribution in [0.15, 0.2) is 150 Å². The van der Waals surface area contributed by atoms with Crippen molar-refractivity contribution in [1.82, 2.24) is 49.6 Å². The van der Waals surface area contributed by atoms with E-state index in [1.165, 1.54) is 27.2 Å². The minimum atomic E-state index is -3.63. The Kier molecular flexibility index (Phi) is 35.5. The van der Waals surface area contributed by atoms with Crippen molar-refractivity contribution in [3.63, 3.8) is 0 Å². The number of pyridine rings is 3. The largest absolute Gasteiger partial charge is 1.00 e. The summed E-state index contributed by atoms with van der Waals surface area (Å²) in [7, 11) is -4.63. The van der Waals surface area contributed by atoms with E-state index in [1.54, 1.807) is 123 Å². The van der Waals surface area contributed by atoms with Gasteiger partial charge in [0, 0.05) is 53.2 Å². The van der Waals surface area contributed by atoms with Gasteiger partial charge in [0.15, 0.2) is 0 Å². The molecule has 29 heteroatoms. The van der Waals surface area contributed by atoms with Crippen LogP contribution in [0.5, 0.6) is 29.3 Å². The van der Waals surface area contributed by atoms with E-state index in [9.17, 15) is 12.8 Å². The molecule has 2 aromatic carbocycles. The summed E-state index contributed by atoms with van der Waals surface area (Å²) < 4.78 is 56.5. The van der Waals surface area contributed by atoms with Gasteiger partial charge in [-0.05, 0) is 116 Å². The van der Waals surface area contributed by atoms with E-state index in [0.29, 0.717) is 32.4 Å². The number of carbonyl (C=O) groups excluding carboxylic acids is 1.